The Kier molecular flexibility index (Phi) is 4.91. The van der Waals surface area contributed by atoms with Gasteiger partial charge in [-0.3, -0.25) is 4.79 Å². The summed E-state index contributed by atoms with van der Waals surface area (Å²) in [6, 6.07) is 0. The van der Waals surface area contributed by atoms with Crippen molar-refractivity contribution < 1.29 is 4.79 Å². The van der Waals surface area contributed by atoms with Crippen LogP contribution in [0, 0.1) is 0 Å². The van der Waals surface area contributed by atoms with E-state index in [0.717, 1.165) is 25.0 Å². The molecule has 0 atom stereocenters. The van der Waals surface area contributed by atoms with E-state index in [1.165, 1.54) is 4.90 Å². The molecule has 0 aliphatic carbocycles. The highest BCUT2D eigenvalue weighted by Crippen LogP contribution is 2.00. The molecular formula is C10H19N5O. The summed E-state index contributed by atoms with van der Waals surface area (Å²) >= 11 is 0. The minimum Gasteiger partial charge on any atom is -0.347 e. The largest absolute Gasteiger partial charge is 0.347 e. The fraction of sp³-hybridized carbons (Fsp3) is 0.700. The van der Waals surface area contributed by atoms with Gasteiger partial charge in [0.25, 0.3) is 0 Å². The van der Waals surface area contributed by atoms with Gasteiger partial charge in [0.15, 0.2) is 0 Å². The molecule has 0 unspecified atom stereocenters. The molecule has 0 bridgehead atoms. The molecule has 0 aliphatic rings. The monoisotopic (exact) mass is 225 g/mol. The Hall–Kier alpha value is -1.43. The molecule has 1 aromatic rings. The van der Waals surface area contributed by atoms with Crippen LogP contribution in [0.1, 0.15) is 18.5 Å². The summed E-state index contributed by atoms with van der Waals surface area (Å²) in [5.74, 6) is 0.0124. The van der Waals surface area contributed by atoms with Gasteiger partial charge < -0.3 is 10.6 Å². The van der Waals surface area contributed by atoms with Crippen molar-refractivity contribution in [3.8, 4) is 0 Å². The molecule has 1 heterocycles. The Balaban J connectivity index is 2.42. The van der Waals surface area contributed by atoms with Crippen molar-refractivity contribution >= 4 is 5.91 Å². The summed E-state index contributed by atoms with van der Waals surface area (Å²) in [6.45, 7) is 0.949. The fourth-order valence-electron chi connectivity index (χ4n) is 1.26. The minimum absolute atomic E-state index is 0.0124. The summed E-state index contributed by atoms with van der Waals surface area (Å²) in [4.78, 5) is 12.9. The minimum atomic E-state index is 0.0124. The number of likely N-dealkylation sites (N-methyl/N-ethyl adjacent to an activating group) is 1. The van der Waals surface area contributed by atoms with Gasteiger partial charge in [-0.25, -0.2) is 4.68 Å². The van der Waals surface area contributed by atoms with Gasteiger partial charge in [0, 0.05) is 20.3 Å². The molecular weight excluding hydrogens is 206 g/mol. The third-order valence-corrected chi connectivity index (χ3v) is 2.27. The summed E-state index contributed by atoms with van der Waals surface area (Å²) in [5, 5.41) is 7.91. The first-order valence-electron chi connectivity index (χ1n) is 5.42. The number of amides is 1. The zero-order valence-electron chi connectivity index (χ0n) is 9.89. The summed E-state index contributed by atoms with van der Waals surface area (Å²) in [5.41, 5.74) is 6.32. The van der Waals surface area contributed by atoms with Crippen LogP contribution in [0.25, 0.3) is 0 Å². The maximum Gasteiger partial charge on any atom is 0.243 e. The van der Waals surface area contributed by atoms with Crippen molar-refractivity contribution in [3.63, 3.8) is 0 Å². The SMILES string of the molecule is CN(C)C(=O)Cn1cc(CCCCN)nn1. The average molecular weight is 225 g/mol. The number of aryl methyl sites for hydroxylation is 1. The van der Waals surface area contributed by atoms with Crippen molar-refractivity contribution in [1.82, 2.24) is 19.9 Å². The molecule has 16 heavy (non-hydrogen) atoms. The van der Waals surface area contributed by atoms with Crippen molar-refractivity contribution in [1.29, 1.82) is 0 Å². The lowest BCUT2D eigenvalue weighted by Crippen LogP contribution is -2.26. The molecule has 1 rings (SSSR count). The van der Waals surface area contributed by atoms with E-state index in [4.69, 9.17) is 5.73 Å². The molecule has 1 aromatic heterocycles. The molecule has 0 saturated heterocycles. The number of nitrogens with zero attached hydrogens (tertiary/aromatic N) is 4. The van der Waals surface area contributed by atoms with Crippen LogP contribution in [0.5, 0.6) is 0 Å². The summed E-state index contributed by atoms with van der Waals surface area (Å²) in [7, 11) is 3.45. The molecule has 6 nitrogen and oxygen atoms in total. The van der Waals surface area contributed by atoms with Gasteiger partial charge in [-0.05, 0) is 25.8 Å². The van der Waals surface area contributed by atoms with Gasteiger partial charge in [0.1, 0.15) is 6.54 Å². The van der Waals surface area contributed by atoms with E-state index in [9.17, 15) is 4.79 Å². The van der Waals surface area contributed by atoms with Crippen molar-refractivity contribution in [3.05, 3.63) is 11.9 Å². The predicted octanol–water partition coefficient (Wildman–Crippen LogP) is -0.352. The molecule has 0 saturated carbocycles. The molecule has 0 aliphatic heterocycles. The van der Waals surface area contributed by atoms with E-state index in [1.54, 1.807) is 18.8 Å². The Morgan fingerprint density at radius 2 is 2.25 bits per heavy atom. The third-order valence-electron chi connectivity index (χ3n) is 2.27. The van der Waals surface area contributed by atoms with Gasteiger partial charge in [-0.2, -0.15) is 0 Å². The van der Waals surface area contributed by atoms with E-state index < -0.39 is 0 Å². The quantitative estimate of drug-likeness (QED) is 0.671. The normalized spacial score (nSPS) is 10.4. The number of hydrogen-bond donors (Lipinski definition) is 1. The van der Waals surface area contributed by atoms with Crippen LogP contribution < -0.4 is 5.73 Å². The topological polar surface area (TPSA) is 77.0 Å². The average Bonchev–Trinajstić information content (AvgIpc) is 2.66. The fourth-order valence-corrected chi connectivity index (χ4v) is 1.26. The van der Waals surface area contributed by atoms with Crippen molar-refractivity contribution in [2.45, 2.75) is 25.8 Å². The molecule has 0 fully saturated rings. The van der Waals surface area contributed by atoms with Gasteiger partial charge in [0.2, 0.25) is 5.91 Å². The highest BCUT2D eigenvalue weighted by atomic mass is 16.2. The van der Waals surface area contributed by atoms with Crippen LogP contribution in [0.2, 0.25) is 0 Å². The molecule has 90 valence electrons. The van der Waals surface area contributed by atoms with Crippen LogP contribution in [0.4, 0.5) is 0 Å². The van der Waals surface area contributed by atoms with E-state index >= 15 is 0 Å². The number of carbonyl (C=O) groups excluding carboxylic acids is 1. The van der Waals surface area contributed by atoms with Crippen LogP contribution in [-0.2, 0) is 17.8 Å². The number of carbonyl (C=O) groups is 1. The first-order valence-corrected chi connectivity index (χ1v) is 5.42. The maximum atomic E-state index is 11.4. The number of rotatable bonds is 6. The van der Waals surface area contributed by atoms with Gasteiger partial charge in [-0.1, -0.05) is 5.21 Å². The van der Waals surface area contributed by atoms with Crippen LogP contribution >= 0.6 is 0 Å². The molecule has 6 heteroatoms. The zero-order chi connectivity index (χ0) is 12.0. The second-order valence-corrected chi connectivity index (χ2v) is 3.94. The van der Waals surface area contributed by atoms with Crippen LogP contribution in [-0.4, -0.2) is 46.4 Å². The van der Waals surface area contributed by atoms with Gasteiger partial charge in [-0.15, -0.1) is 5.10 Å². The predicted molar refractivity (Wildman–Crippen MR) is 60.7 cm³/mol. The molecule has 1 amide bonds. The van der Waals surface area contributed by atoms with Crippen molar-refractivity contribution in [2.24, 2.45) is 5.73 Å². The summed E-state index contributed by atoms with van der Waals surface area (Å²) < 4.78 is 1.57. The lowest BCUT2D eigenvalue weighted by molar-refractivity contribution is -0.129. The first kappa shape index (κ1) is 12.6. The van der Waals surface area contributed by atoms with Crippen LogP contribution in [0.15, 0.2) is 6.20 Å². The zero-order valence-corrected chi connectivity index (χ0v) is 9.89. The van der Waals surface area contributed by atoms with Gasteiger partial charge in [0.05, 0.1) is 5.69 Å². The highest BCUT2D eigenvalue weighted by molar-refractivity contribution is 5.75. The van der Waals surface area contributed by atoms with E-state index in [0.29, 0.717) is 6.54 Å². The highest BCUT2D eigenvalue weighted by Gasteiger charge is 2.07. The second kappa shape index (κ2) is 6.22. The first-order chi connectivity index (χ1) is 7.63. The maximum absolute atomic E-state index is 11.4. The van der Waals surface area contributed by atoms with Crippen molar-refractivity contribution in [2.75, 3.05) is 20.6 Å². The Morgan fingerprint density at radius 1 is 1.50 bits per heavy atom. The van der Waals surface area contributed by atoms with Crippen LogP contribution in [0.3, 0.4) is 0 Å². The van der Waals surface area contributed by atoms with E-state index in [2.05, 4.69) is 10.3 Å². The molecule has 0 radical (unpaired) electrons. The lowest BCUT2D eigenvalue weighted by atomic mass is 10.2. The Labute approximate surface area is 95.4 Å². The Morgan fingerprint density at radius 3 is 2.88 bits per heavy atom. The molecule has 2 N–H and O–H groups in total. The number of aromatic nitrogens is 3. The summed E-state index contributed by atoms with van der Waals surface area (Å²) in [6.07, 6.45) is 4.69. The van der Waals surface area contributed by atoms with E-state index in [1.807, 2.05) is 6.20 Å². The molecule has 0 spiro atoms. The Bertz CT molecular complexity index is 334. The standard InChI is InChI=1S/C10H19N5O/c1-14(2)10(16)8-15-7-9(12-13-15)5-3-4-6-11/h7H,3-6,8,11H2,1-2H3. The third kappa shape index (κ3) is 3.98. The number of unbranched alkanes of at least 4 members (excludes halogenated alkanes) is 1. The second-order valence-electron chi connectivity index (χ2n) is 3.94. The smallest absolute Gasteiger partial charge is 0.243 e. The molecule has 0 aromatic carbocycles. The van der Waals surface area contributed by atoms with Gasteiger partial charge >= 0.3 is 0 Å². The number of hydrogen-bond acceptors (Lipinski definition) is 4. The number of nitrogens with two attached hydrogens (primary N) is 1. The lowest BCUT2D eigenvalue weighted by Gasteiger charge is -2.08. The van der Waals surface area contributed by atoms with E-state index in [-0.39, 0.29) is 12.5 Å².